The predicted molar refractivity (Wildman–Crippen MR) is 77.4 cm³/mol. The Morgan fingerprint density at radius 3 is 2.85 bits per heavy atom. The number of hydrogen-bond donors (Lipinski definition) is 2. The largest absolute Gasteiger partial charge is 0.308 e. The average Bonchev–Trinajstić information content (AvgIpc) is 3.19. The molecular weight excluding hydrogens is 252 g/mol. The van der Waals surface area contributed by atoms with E-state index < -0.39 is 0 Å². The first kappa shape index (κ1) is 13.0. The minimum atomic E-state index is -0.135. The molecule has 0 atom stereocenters. The van der Waals surface area contributed by atoms with Gasteiger partial charge in [0.2, 0.25) is 0 Å². The van der Waals surface area contributed by atoms with E-state index in [4.69, 9.17) is 0 Å². The minimum Gasteiger partial charge on any atom is -0.308 e. The first-order valence-corrected chi connectivity index (χ1v) is 6.89. The number of H-pyrrole nitrogens is 1. The van der Waals surface area contributed by atoms with Crippen LogP contribution in [-0.2, 0) is 6.54 Å². The number of hydrogen-bond acceptors (Lipinski definition) is 4. The van der Waals surface area contributed by atoms with E-state index in [1.165, 1.54) is 12.8 Å². The van der Waals surface area contributed by atoms with E-state index in [0.29, 0.717) is 18.4 Å². The zero-order valence-corrected chi connectivity index (χ0v) is 11.7. The van der Waals surface area contributed by atoms with Gasteiger partial charge in [-0.3, -0.25) is 9.78 Å². The number of nitrogens with one attached hydrogen (secondary N) is 2. The molecule has 2 heterocycles. The van der Waals surface area contributed by atoms with Crippen LogP contribution in [0.5, 0.6) is 0 Å². The molecule has 1 saturated carbocycles. The van der Waals surface area contributed by atoms with Crippen molar-refractivity contribution in [2.24, 2.45) is 0 Å². The van der Waals surface area contributed by atoms with Gasteiger partial charge in [-0.25, -0.2) is 4.98 Å². The molecule has 1 aliphatic rings. The van der Waals surface area contributed by atoms with Gasteiger partial charge in [0.25, 0.3) is 5.56 Å². The summed E-state index contributed by atoms with van der Waals surface area (Å²) in [6, 6.07) is 4.18. The quantitative estimate of drug-likeness (QED) is 0.887. The molecule has 0 saturated heterocycles. The summed E-state index contributed by atoms with van der Waals surface area (Å²) in [6.45, 7) is 4.60. The third-order valence-corrected chi connectivity index (χ3v) is 3.38. The van der Waals surface area contributed by atoms with E-state index in [1.54, 1.807) is 12.3 Å². The van der Waals surface area contributed by atoms with Crippen LogP contribution in [0.4, 0.5) is 0 Å². The van der Waals surface area contributed by atoms with Crippen LogP contribution in [0.1, 0.15) is 29.7 Å². The Labute approximate surface area is 117 Å². The van der Waals surface area contributed by atoms with E-state index >= 15 is 0 Å². The van der Waals surface area contributed by atoms with Crippen molar-refractivity contribution >= 4 is 0 Å². The van der Waals surface area contributed by atoms with E-state index in [2.05, 4.69) is 20.3 Å². The highest BCUT2D eigenvalue weighted by atomic mass is 16.1. The van der Waals surface area contributed by atoms with Gasteiger partial charge >= 0.3 is 0 Å². The second-order valence-electron chi connectivity index (χ2n) is 5.42. The predicted octanol–water partition coefficient (Wildman–Crippen LogP) is 1.70. The Bertz CT molecular complexity index is 689. The summed E-state index contributed by atoms with van der Waals surface area (Å²) in [4.78, 5) is 23.4. The van der Waals surface area contributed by atoms with Crippen LogP contribution in [0.15, 0.2) is 23.1 Å². The molecule has 0 bridgehead atoms. The van der Waals surface area contributed by atoms with E-state index in [9.17, 15) is 4.79 Å². The maximum atomic E-state index is 11.8. The molecule has 20 heavy (non-hydrogen) atoms. The van der Waals surface area contributed by atoms with Crippen LogP contribution in [0, 0.1) is 13.8 Å². The van der Waals surface area contributed by atoms with Crippen LogP contribution in [0.3, 0.4) is 0 Å². The summed E-state index contributed by atoms with van der Waals surface area (Å²) in [7, 11) is 0. The number of rotatable bonds is 4. The van der Waals surface area contributed by atoms with Gasteiger partial charge in [0, 0.05) is 24.8 Å². The van der Waals surface area contributed by atoms with Crippen molar-refractivity contribution in [2.75, 3.05) is 0 Å². The van der Waals surface area contributed by atoms with Gasteiger partial charge in [-0.1, -0.05) is 6.07 Å². The SMILES string of the molecule is Cc1cnc(-c2nc(CNC3CC3)cc(=O)[nH]2)c(C)c1. The lowest BCUT2D eigenvalue weighted by Gasteiger charge is -2.07. The standard InChI is InChI=1S/C15H18N4O/c1-9-5-10(2)14(17-7-9)15-18-12(6-13(20)19-15)8-16-11-3-4-11/h5-7,11,16H,3-4,8H2,1-2H3,(H,18,19,20). The Morgan fingerprint density at radius 1 is 1.35 bits per heavy atom. The van der Waals surface area contributed by atoms with Crippen molar-refractivity contribution in [1.29, 1.82) is 0 Å². The zero-order valence-electron chi connectivity index (χ0n) is 11.7. The summed E-state index contributed by atoms with van der Waals surface area (Å²) in [5, 5.41) is 3.37. The molecule has 2 N–H and O–H groups in total. The summed E-state index contributed by atoms with van der Waals surface area (Å²) < 4.78 is 0. The van der Waals surface area contributed by atoms with E-state index in [0.717, 1.165) is 22.5 Å². The lowest BCUT2D eigenvalue weighted by Crippen LogP contribution is -2.19. The molecule has 0 aliphatic heterocycles. The Morgan fingerprint density at radius 2 is 2.15 bits per heavy atom. The molecule has 0 aromatic carbocycles. The third kappa shape index (κ3) is 2.93. The lowest BCUT2D eigenvalue weighted by molar-refractivity contribution is 0.672. The fraction of sp³-hybridized carbons (Fsp3) is 0.400. The van der Waals surface area contributed by atoms with Crippen molar-refractivity contribution in [3.05, 3.63) is 45.5 Å². The summed E-state index contributed by atoms with van der Waals surface area (Å²) >= 11 is 0. The Balaban J connectivity index is 1.93. The van der Waals surface area contributed by atoms with Crippen molar-refractivity contribution in [1.82, 2.24) is 20.3 Å². The lowest BCUT2D eigenvalue weighted by atomic mass is 10.1. The maximum Gasteiger partial charge on any atom is 0.251 e. The molecule has 2 aromatic rings. The molecule has 1 fully saturated rings. The highest BCUT2D eigenvalue weighted by Crippen LogP contribution is 2.20. The molecule has 5 heteroatoms. The zero-order chi connectivity index (χ0) is 14.1. The maximum absolute atomic E-state index is 11.8. The molecule has 104 valence electrons. The number of aryl methyl sites for hydroxylation is 2. The van der Waals surface area contributed by atoms with Gasteiger partial charge in [0.05, 0.1) is 5.69 Å². The van der Waals surface area contributed by atoms with Crippen LogP contribution >= 0.6 is 0 Å². The van der Waals surface area contributed by atoms with Gasteiger partial charge in [-0.05, 0) is 37.8 Å². The molecule has 5 nitrogen and oxygen atoms in total. The highest BCUT2D eigenvalue weighted by Gasteiger charge is 2.20. The van der Waals surface area contributed by atoms with Crippen molar-refractivity contribution < 1.29 is 0 Å². The van der Waals surface area contributed by atoms with Crippen molar-refractivity contribution in [3.63, 3.8) is 0 Å². The first-order chi connectivity index (χ1) is 9.61. The van der Waals surface area contributed by atoms with Gasteiger partial charge in [-0.2, -0.15) is 0 Å². The van der Waals surface area contributed by atoms with E-state index in [-0.39, 0.29) is 5.56 Å². The Hall–Kier alpha value is -2.01. The number of aromatic amines is 1. The fourth-order valence-corrected chi connectivity index (χ4v) is 2.21. The van der Waals surface area contributed by atoms with Crippen LogP contribution in [-0.4, -0.2) is 21.0 Å². The minimum absolute atomic E-state index is 0.135. The summed E-state index contributed by atoms with van der Waals surface area (Å²) in [5.74, 6) is 0.544. The normalized spacial score (nSPS) is 14.5. The fourth-order valence-electron chi connectivity index (χ4n) is 2.21. The van der Waals surface area contributed by atoms with Crippen molar-refractivity contribution in [2.45, 2.75) is 39.3 Å². The summed E-state index contributed by atoms with van der Waals surface area (Å²) in [5.41, 5.74) is 3.48. The molecule has 0 spiro atoms. The van der Waals surface area contributed by atoms with Gasteiger partial charge < -0.3 is 10.3 Å². The Kier molecular flexibility index (Phi) is 3.36. The van der Waals surface area contributed by atoms with Crippen LogP contribution < -0.4 is 10.9 Å². The smallest absolute Gasteiger partial charge is 0.251 e. The van der Waals surface area contributed by atoms with Gasteiger partial charge in [0.1, 0.15) is 5.69 Å². The molecule has 0 unspecified atom stereocenters. The van der Waals surface area contributed by atoms with E-state index in [1.807, 2.05) is 19.9 Å². The molecule has 2 aromatic heterocycles. The second-order valence-corrected chi connectivity index (χ2v) is 5.42. The molecular formula is C15H18N4O. The highest BCUT2D eigenvalue weighted by molar-refractivity contribution is 5.54. The number of nitrogens with zero attached hydrogens (tertiary/aromatic N) is 2. The van der Waals surface area contributed by atoms with Gasteiger partial charge in [0.15, 0.2) is 5.82 Å². The molecule has 1 aliphatic carbocycles. The van der Waals surface area contributed by atoms with Crippen molar-refractivity contribution in [3.8, 4) is 11.5 Å². The second kappa shape index (κ2) is 5.17. The molecule has 3 rings (SSSR count). The monoisotopic (exact) mass is 270 g/mol. The molecule has 0 amide bonds. The summed E-state index contributed by atoms with van der Waals surface area (Å²) in [6.07, 6.45) is 4.22. The van der Waals surface area contributed by atoms with Crippen LogP contribution in [0.2, 0.25) is 0 Å². The number of pyridine rings is 1. The third-order valence-electron chi connectivity index (χ3n) is 3.38. The first-order valence-electron chi connectivity index (χ1n) is 6.89. The van der Waals surface area contributed by atoms with Gasteiger partial charge in [-0.15, -0.1) is 0 Å². The molecule has 0 radical (unpaired) electrons. The van der Waals surface area contributed by atoms with Crippen LogP contribution in [0.25, 0.3) is 11.5 Å². The number of aromatic nitrogens is 3. The topological polar surface area (TPSA) is 70.7 Å². The average molecular weight is 270 g/mol.